The number of benzene rings is 1. The number of fused-ring (bicyclic) bond motifs is 2. The standard InChI is InChI=1S/C17H19FN4OS/c18-12-5-2-4-11-13(7-8-24-16(11)12)20-17(23)21-14-6-1-3-10-9-19-22-15(10)14/h2,4-5,9,13-14H,1,3,6-8H2,(H,19,22)(H2,20,21,23)/t13-,14+/m1/s1. The minimum atomic E-state index is -0.213. The molecule has 0 unspecified atom stereocenters. The quantitative estimate of drug-likeness (QED) is 0.780. The van der Waals surface area contributed by atoms with Gasteiger partial charge in [0, 0.05) is 10.6 Å². The lowest BCUT2D eigenvalue weighted by Gasteiger charge is -2.28. The molecule has 1 aromatic carbocycles. The summed E-state index contributed by atoms with van der Waals surface area (Å²) in [4.78, 5) is 13.1. The monoisotopic (exact) mass is 346 g/mol. The number of thioether (sulfide) groups is 1. The van der Waals surface area contributed by atoms with Crippen LogP contribution in [0.4, 0.5) is 9.18 Å². The molecule has 5 nitrogen and oxygen atoms in total. The molecule has 0 fully saturated rings. The number of carbonyl (C=O) groups excluding carboxylic acids is 1. The van der Waals surface area contributed by atoms with E-state index in [4.69, 9.17) is 0 Å². The van der Waals surface area contributed by atoms with Crippen LogP contribution in [0.3, 0.4) is 0 Å². The number of aromatic amines is 1. The third-order valence-electron chi connectivity index (χ3n) is 4.68. The molecule has 7 heteroatoms. The van der Waals surface area contributed by atoms with Crippen LogP contribution < -0.4 is 10.6 Å². The van der Waals surface area contributed by atoms with Gasteiger partial charge in [-0.05, 0) is 42.9 Å². The average molecular weight is 346 g/mol. The smallest absolute Gasteiger partial charge is 0.315 e. The van der Waals surface area contributed by atoms with Gasteiger partial charge in [0.2, 0.25) is 0 Å². The molecule has 4 rings (SSSR count). The van der Waals surface area contributed by atoms with Crippen molar-refractivity contribution in [3.05, 3.63) is 47.0 Å². The van der Waals surface area contributed by atoms with E-state index in [9.17, 15) is 9.18 Å². The van der Waals surface area contributed by atoms with Crippen molar-refractivity contribution in [1.82, 2.24) is 20.8 Å². The second-order valence-electron chi connectivity index (χ2n) is 6.22. The minimum absolute atomic E-state index is 0.0406. The molecule has 0 radical (unpaired) electrons. The number of hydrogen-bond acceptors (Lipinski definition) is 3. The van der Waals surface area contributed by atoms with E-state index in [1.54, 1.807) is 6.07 Å². The fourth-order valence-electron chi connectivity index (χ4n) is 3.50. The zero-order valence-corrected chi connectivity index (χ0v) is 14.0. The maximum Gasteiger partial charge on any atom is 0.315 e. The maximum atomic E-state index is 13.9. The van der Waals surface area contributed by atoms with Gasteiger partial charge in [-0.1, -0.05) is 12.1 Å². The van der Waals surface area contributed by atoms with Crippen molar-refractivity contribution in [2.45, 2.75) is 42.7 Å². The summed E-state index contributed by atoms with van der Waals surface area (Å²) >= 11 is 1.51. The predicted octanol–water partition coefficient (Wildman–Crippen LogP) is 3.46. The molecule has 1 aliphatic carbocycles. The minimum Gasteiger partial charge on any atom is -0.331 e. The van der Waals surface area contributed by atoms with Crippen molar-refractivity contribution in [2.75, 3.05) is 5.75 Å². The molecule has 0 saturated carbocycles. The van der Waals surface area contributed by atoms with Crippen LogP contribution in [0.2, 0.25) is 0 Å². The summed E-state index contributed by atoms with van der Waals surface area (Å²) in [5.74, 6) is 0.589. The molecule has 2 aromatic rings. The molecule has 0 saturated heterocycles. The second-order valence-corrected chi connectivity index (χ2v) is 7.32. The van der Waals surface area contributed by atoms with Gasteiger partial charge in [-0.3, -0.25) is 5.10 Å². The molecule has 2 aliphatic rings. The lowest BCUT2D eigenvalue weighted by atomic mass is 9.94. The number of carbonyl (C=O) groups is 1. The van der Waals surface area contributed by atoms with Crippen molar-refractivity contribution >= 4 is 17.8 Å². The van der Waals surface area contributed by atoms with Gasteiger partial charge in [-0.2, -0.15) is 5.10 Å². The van der Waals surface area contributed by atoms with E-state index in [1.165, 1.54) is 23.4 Å². The largest absolute Gasteiger partial charge is 0.331 e. The summed E-state index contributed by atoms with van der Waals surface area (Å²) in [6.07, 6.45) is 5.56. The number of hydrogen-bond donors (Lipinski definition) is 3. The Morgan fingerprint density at radius 3 is 3.08 bits per heavy atom. The maximum absolute atomic E-state index is 13.9. The van der Waals surface area contributed by atoms with E-state index in [0.29, 0.717) is 4.90 Å². The highest BCUT2D eigenvalue weighted by Crippen LogP contribution is 2.37. The van der Waals surface area contributed by atoms with Crippen molar-refractivity contribution in [3.8, 4) is 0 Å². The van der Waals surface area contributed by atoms with Crippen LogP contribution in [-0.4, -0.2) is 22.0 Å². The van der Waals surface area contributed by atoms with Gasteiger partial charge in [0.05, 0.1) is 24.0 Å². The van der Waals surface area contributed by atoms with Gasteiger partial charge in [0.25, 0.3) is 0 Å². The number of aromatic nitrogens is 2. The zero-order valence-electron chi connectivity index (χ0n) is 13.1. The Kier molecular flexibility index (Phi) is 4.18. The molecule has 126 valence electrons. The van der Waals surface area contributed by atoms with Crippen molar-refractivity contribution in [1.29, 1.82) is 0 Å². The number of nitrogens with one attached hydrogen (secondary N) is 3. The first kappa shape index (κ1) is 15.5. The molecule has 0 spiro atoms. The number of amides is 2. The molecule has 1 aromatic heterocycles. The first-order valence-corrected chi connectivity index (χ1v) is 9.21. The van der Waals surface area contributed by atoms with E-state index in [2.05, 4.69) is 20.8 Å². The van der Waals surface area contributed by atoms with Crippen LogP contribution in [-0.2, 0) is 6.42 Å². The Labute approximate surface area is 143 Å². The Bertz CT molecular complexity index is 763. The van der Waals surface area contributed by atoms with Gasteiger partial charge in [-0.15, -0.1) is 11.8 Å². The van der Waals surface area contributed by atoms with Crippen molar-refractivity contribution in [3.63, 3.8) is 0 Å². The van der Waals surface area contributed by atoms with E-state index in [-0.39, 0.29) is 23.9 Å². The van der Waals surface area contributed by atoms with E-state index >= 15 is 0 Å². The van der Waals surface area contributed by atoms with Gasteiger partial charge in [0.15, 0.2) is 0 Å². The van der Waals surface area contributed by atoms with Crippen LogP contribution in [0.5, 0.6) is 0 Å². The number of urea groups is 1. The topological polar surface area (TPSA) is 69.8 Å². The summed E-state index contributed by atoms with van der Waals surface area (Å²) in [5, 5.41) is 13.1. The van der Waals surface area contributed by atoms with Crippen molar-refractivity contribution < 1.29 is 9.18 Å². The summed E-state index contributed by atoms with van der Waals surface area (Å²) in [6, 6.07) is 4.65. The molecule has 2 amide bonds. The Morgan fingerprint density at radius 1 is 1.29 bits per heavy atom. The molecule has 2 heterocycles. The number of nitrogens with zero attached hydrogens (tertiary/aromatic N) is 1. The van der Waals surface area contributed by atoms with E-state index < -0.39 is 0 Å². The van der Waals surface area contributed by atoms with Gasteiger partial charge in [0.1, 0.15) is 5.82 Å². The van der Waals surface area contributed by atoms with Crippen LogP contribution >= 0.6 is 11.8 Å². The van der Waals surface area contributed by atoms with Crippen LogP contribution in [0, 0.1) is 5.82 Å². The first-order valence-electron chi connectivity index (χ1n) is 8.23. The average Bonchev–Trinajstić information content (AvgIpc) is 3.06. The molecule has 1 aliphatic heterocycles. The first-order chi connectivity index (χ1) is 11.7. The summed E-state index contributed by atoms with van der Waals surface area (Å²) in [6.45, 7) is 0. The Morgan fingerprint density at radius 2 is 2.17 bits per heavy atom. The predicted molar refractivity (Wildman–Crippen MR) is 90.4 cm³/mol. The Balaban J connectivity index is 1.46. The summed E-state index contributed by atoms with van der Waals surface area (Å²) in [5.41, 5.74) is 3.04. The highest BCUT2D eigenvalue weighted by atomic mass is 32.2. The molecular weight excluding hydrogens is 327 g/mol. The molecule has 24 heavy (non-hydrogen) atoms. The number of halogens is 1. The summed E-state index contributed by atoms with van der Waals surface area (Å²) in [7, 11) is 0. The van der Waals surface area contributed by atoms with E-state index in [1.807, 2.05) is 12.3 Å². The van der Waals surface area contributed by atoms with Crippen LogP contribution in [0.25, 0.3) is 0 Å². The fraction of sp³-hybridized carbons (Fsp3) is 0.412. The lowest BCUT2D eigenvalue weighted by Crippen LogP contribution is -2.41. The zero-order chi connectivity index (χ0) is 16.5. The molecule has 0 bridgehead atoms. The summed E-state index contributed by atoms with van der Waals surface area (Å²) < 4.78 is 13.9. The highest BCUT2D eigenvalue weighted by molar-refractivity contribution is 7.99. The van der Waals surface area contributed by atoms with Crippen LogP contribution in [0.1, 0.15) is 48.2 Å². The van der Waals surface area contributed by atoms with Gasteiger partial charge in [-0.25, -0.2) is 9.18 Å². The molecule has 3 N–H and O–H groups in total. The number of aryl methyl sites for hydroxylation is 1. The third kappa shape index (κ3) is 2.88. The fourth-order valence-corrected chi connectivity index (χ4v) is 4.64. The number of H-pyrrole nitrogens is 1. The van der Waals surface area contributed by atoms with Crippen molar-refractivity contribution in [2.24, 2.45) is 0 Å². The van der Waals surface area contributed by atoms with Gasteiger partial charge < -0.3 is 10.6 Å². The highest BCUT2D eigenvalue weighted by Gasteiger charge is 2.27. The third-order valence-corrected chi connectivity index (χ3v) is 5.83. The normalized spacial score (nSPS) is 22.4. The van der Waals surface area contributed by atoms with Crippen LogP contribution in [0.15, 0.2) is 29.3 Å². The van der Waals surface area contributed by atoms with Gasteiger partial charge >= 0.3 is 6.03 Å². The van der Waals surface area contributed by atoms with E-state index in [0.717, 1.165) is 42.7 Å². The second kappa shape index (κ2) is 6.47. The lowest BCUT2D eigenvalue weighted by molar-refractivity contribution is 0.230. The SMILES string of the molecule is O=C(N[C@H]1CCCc2cn[nH]c21)N[C@@H]1CCSc2c(F)cccc21. The number of rotatable bonds is 2. The molecule has 2 atom stereocenters. The Hall–Kier alpha value is -2.02. The molecular formula is C17H19FN4OS.